The summed E-state index contributed by atoms with van der Waals surface area (Å²) >= 11 is 1.56. The summed E-state index contributed by atoms with van der Waals surface area (Å²) in [7, 11) is 0. The van der Waals surface area contributed by atoms with E-state index in [1.165, 1.54) is 0 Å². The highest BCUT2D eigenvalue weighted by atomic mass is 32.1. The lowest BCUT2D eigenvalue weighted by Crippen LogP contribution is -2.46. The first-order valence-electron chi connectivity index (χ1n) is 8.33. The monoisotopic (exact) mass is 345 g/mol. The molecular weight excluding hydrogens is 322 g/mol. The summed E-state index contributed by atoms with van der Waals surface area (Å²) in [5.74, 6) is 0. The molecule has 2 aromatic rings. The first kappa shape index (κ1) is 16.9. The van der Waals surface area contributed by atoms with Gasteiger partial charge in [0.2, 0.25) is 0 Å². The Morgan fingerprint density at radius 2 is 2.08 bits per heavy atom. The SMILES string of the molecule is CC(NC(=O)NC(C)C1CCCO1)c1nc(-c2ccccc2)cs1. The van der Waals surface area contributed by atoms with E-state index < -0.39 is 0 Å². The zero-order valence-corrected chi connectivity index (χ0v) is 14.8. The second-order valence-corrected chi connectivity index (χ2v) is 7.01. The smallest absolute Gasteiger partial charge is 0.315 e. The van der Waals surface area contributed by atoms with E-state index in [9.17, 15) is 4.79 Å². The molecule has 1 aromatic carbocycles. The molecular formula is C18H23N3O2S. The van der Waals surface area contributed by atoms with Crippen molar-refractivity contribution in [2.75, 3.05) is 6.61 Å². The largest absolute Gasteiger partial charge is 0.376 e. The lowest BCUT2D eigenvalue weighted by atomic mass is 10.1. The van der Waals surface area contributed by atoms with Crippen LogP contribution in [0.1, 0.15) is 37.7 Å². The Hall–Kier alpha value is -1.92. The van der Waals surface area contributed by atoms with Crippen molar-refractivity contribution in [3.8, 4) is 11.3 Å². The molecule has 1 saturated heterocycles. The van der Waals surface area contributed by atoms with Crippen LogP contribution in [0, 0.1) is 0 Å². The molecule has 2 amide bonds. The number of urea groups is 1. The third-order valence-electron chi connectivity index (χ3n) is 4.19. The number of benzene rings is 1. The molecule has 1 fully saturated rings. The summed E-state index contributed by atoms with van der Waals surface area (Å²) in [5.41, 5.74) is 2.03. The molecule has 0 aliphatic carbocycles. The molecule has 0 bridgehead atoms. The van der Waals surface area contributed by atoms with Gasteiger partial charge in [0, 0.05) is 17.6 Å². The van der Waals surface area contributed by atoms with Gasteiger partial charge in [0.15, 0.2) is 0 Å². The highest BCUT2D eigenvalue weighted by Gasteiger charge is 2.24. The Bertz CT molecular complexity index is 668. The van der Waals surface area contributed by atoms with Crippen LogP contribution >= 0.6 is 11.3 Å². The molecule has 0 radical (unpaired) electrons. The van der Waals surface area contributed by atoms with Crippen molar-refractivity contribution in [3.63, 3.8) is 0 Å². The van der Waals surface area contributed by atoms with Crippen LogP contribution in [-0.2, 0) is 4.74 Å². The van der Waals surface area contributed by atoms with Gasteiger partial charge < -0.3 is 15.4 Å². The average Bonchev–Trinajstić information content (AvgIpc) is 3.27. The van der Waals surface area contributed by atoms with Crippen LogP contribution in [0.25, 0.3) is 11.3 Å². The predicted molar refractivity (Wildman–Crippen MR) is 96.1 cm³/mol. The lowest BCUT2D eigenvalue weighted by Gasteiger charge is -2.21. The fraction of sp³-hybridized carbons (Fsp3) is 0.444. The van der Waals surface area contributed by atoms with Crippen molar-refractivity contribution in [2.45, 2.75) is 44.9 Å². The number of rotatable bonds is 5. The van der Waals surface area contributed by atoms with Crippen LogP contribution in [-0.4, -0.2) is 29.8 Å². The number of hydrogen-bond donors (Lipinski definition) is 2. The Labute approximate surface area is 146 Å². The molecule has 3 unspecified atom stereocenters. The van der Waals surface area contributed by atoms with Crippen LogP contribution in [0.5, 0.6) is 0 Å². The first-order chi connectivity index (χ1) is 11.6. The van der Waals surface area contributed by atoms with Gasteiger partial charge in [-0.05, 0) is 26.7 Å². The van der Waals surface area contributed by atoms with Gasteiger partial charge in [0.1, 0.15) is 5.01 Å². The molecule has 1 aliphatic heterocycles. The highest BCUT2D eigenvalue weighted by molar-refractivity contribution is 7.10. The Balaban J connectivity index is 1.55. The standard InChI is InChI=1S/C18H23N3O2S/c1-12(16-9-6-10-23-16)19-18(22)20-13(2)17-21-15(11-24-17)14-7-4-3-5-8-14/h3-5,7-8,11-13,16H,6,9-10H2,1-2H3,(H2,19,20,22). The molecule has 24 heavy (non-hydrogen) atoms. The minimum Gasteiger partial charge on any atom is -0.376 e. The van der Waals surface area contributed by atoms with E-state index in [1.54, 1.807) is 11.3 Å². The van der Waals surface area contributed by atoms with E-state index in [0.29, 0.717) is 0 Å². The number of ether oxygens (including phenoxy) is 1. The molecule has 0 saturated carbocycles. The summed E-state index contributed by atoms with van der Waals surface area (Å²) in [6.45, 7) is 4.72. The molecule has 2 heterocycles. The van der Waals surface area contributed by atoms with Gasteiger partial charge in [-0.3, -0.25) is 0 Å². The average molecular weight is 345 g/mol. The summed E-state index contributed by atoms with van der Waals surface area (Å²) in [6, 6.07) is 9.74. The van der Waals surface area contributed by atoms with Gasteiger partial charge in [-0.25, -0.2) is 9.78 Å². The highest BCUT2D eigenvalue weighted by Crippen LogP contribution is 2.25. The van der Waals surface area contributed by atoms with Crippen LogP contribution in [0.2, 0.25) is 0 Å². The molecule has 3 atom stereocenters. The number of nitrogens with one attached hydrogen (secondary N) is 2. The number of carbonyl (C=O) groups excluding carboxylic acids is 1. The van der Waals surface area contributed by atoms with Crippen molar-refractivity contribution in [2.24, 2.45) is 0 Å². The minimum atomic E-state index is -0.179. The molecule has 5 nitrogen and oxygen atoms in total. The topological polar surface area (TPSA) is 63.2 Å². The maximum absolute atomic E-state index is 12.2. The Morgan fingerprint density at radius 1 is 1.29 bits per heavy atom. The summed E-state index contributed by atoms with van der Waals surface area (Å²) in [4.78, 5) is 16.8. The maximum Gasteiger partial charge on any atom is 0.315 e. The molecule has 2 N–H and O–H groups in total. The number of hydrogen-bond acceptors (Lipinski definition) is 4. The van der Waals surface area contributed by atoms with Crippen LogP contribution < -0.4 is 10.6 Å². The Morgan fingerprint density at radius 3 is 2.79 bits per heavy atom. The zero-order valence-electron chi connectivity index (χ0n) is 14.0. The van der Waals surface area contributed by atoms with E-state index in [2.05, 4.69) is 15.6 Å². The van der Waals surface area contributed by atoms with Crippen LogP contribution in [0.3, 0.4) is 0 Å². The summed E-state index contributed by atoms with van der Waals surface area (Å²) in [5, 5.41) is 8.84. The Kier molecular flexibility index (Phi) is 5.48. The van der Waals surface area contributed by atoms with E-state index in [4.69, 9.17) is 4.74 Å². The van der Waals surface area contributed by atoms with Gasteiger partial charge in [0.05, 0.1) is 23.9 Å². The third kappa shape index (κ3) is 4.13. The second kappa shape index (κ2) is 7.77. The number of nitrogens with zero attached hydrogens (tertiary/aromatic N) is 1. The van der Waals surface area contributed by atoms with E-state index in [1.807, 2.05) is 49.6 Å². The molecule has 0 spiro atoms. The van der Waals surface area contributed by atoms with Gasteiger partial charge in [0.25, 0.3) is 0 Å². The van der Waals surface area contributed by atoms with E-state index in [0.717, 1.165) is 35.7 Å². The first-order valence-corrected chi connectivity index (χ1v) is 9.21. The fourth-order valence-corrected chi connectivity index (χ4v) is 3.66. The quantitative estimate of drug-likeness (QED) is 0.868. The number of aromatic nitrogens is 1. The number of amides is 2. The lowest BCUT2D eigenvalue weighted by molar-refractivity contribution is 0.0859. The van der Waals surface area contributed by atoms with Crippen molar-refractivity contribution < 1.29 is 9.53 Å². The summed E-state index contributed by atoms with van der Waals surface area (Å²) in [6.07, 6.45) is 2.19. The molecule has 1 aliphatic rings. The fourth-order valence-electron chi connectivity index (χ4n) is 2.82. The van der Waals surface area contributed by atoms with Gasteiger partial charge in [-0.2, -0.15) is 0 Å². The van der Waals surface area contributed by atoms with Crippen molar-refractivity contribution >= 4 is 17.4 Å². The van der Waals surface area contributed by atoms with Crippen LogP contribution in [0.15, 0.2) is 35.7 Å². The molecule has 3 rings (SSSR count). The third-order valence-corrected chi connectivity index (χ3v) is 5.22. The maximum atomic E-state index is 12.2. The number of carbonyl (C=O) groups is 1. The summed E-state index contributed by atoms with van der Waals surface area (Å²) < 4.78 is 5.60. The normalized spacial score (nSPS) is 19.7. The second-order valence-electron chi connectivity index (χ2n) is 6.12. The van der Waals surface area contributed by atoms with Crippen molar-refractivity contribution in [1.82, 2.24) is 15.6 Å². The zero-order chi connectivity index (χ0) is 16.9. The molecule has 1 aromatic heterocycles. The van der Waals surface area contributed by atoms with Gasteiger partial charge >= 0.3 is 6.03 Å². The van der Waals surface area contributed by atoms with E-state index in [-0.39, 0.29) is 24.2 Å². The van der Waals surface area contributed by atoms with E-state index >= 15 is 0 Å². The van der Waals surface area contributed by atoms with Crippen molar-refractivity contribution in [1.29, 1.82) is 0 Å². The minimum absolute atomic E-state index is 0.0101. The van der Waals surface area contributed by atoms with Gasteiger partial charge in [-0.15, -0.1) is 11.3 Å². The number of thiazole rings is 1. The van der Waals surface area contributed by atoms with Crippen molar-refractivity contribution in [3.05, 3.63) is 40.7 Å². The molecule has 128 valence electrons. The predicted octanol–water partition coefficient (Wildman–Crippen LogP) is 3.74. The van der Waals surface area contributed by atoms with Crippen LogP contribution in [0.4, 0.5) is 4.79 Å². The molecule has 6 heteroatoms. The van der Waals surface area contributed by atoms with Gasteiger partial charge in [-0.1, -0.05) is 30.3 Å².